The average molecular weight is 304 g/mol. The number of pyridine rings is 1. The molecule has 6 heteroatoms. The molecule has 0 bridgehead atoms. The number of aryl methyl sites for hydroxylation is 1. The van der Waals surface area contributed by atoms with Gasteiger partial charge in [-0.15, -0.1) is 11.3 Å². The van der Waals surface area contributed by atoms with E-state index in [0.29, 0.717) is 18.2 Å². The minimum atomic E-state index is -0.504. The van der Waals surface area contributed by atoms with Gasteiger partial charge in [-0.25, -0.2) is 4.98 Å². The first kappa shape index (κ1) is 15.6. The summed E-state index contributed by atoms with van der Waals surface area (Å²) in [6.45, 7) is 6.02. The maximum Gasteiger partial charge on any atom is 0.242 e. The normalized spacial score (nSPS) is 12.4. The van der Waals surface area contributed by atoms with Crippen LogP contribution in [0.2, 0.25) is 0 Å². The van der Waals surface area contributed by atoms with Crippen molar-refractivity contribution < 1.29 is 4.79 Å². The number of hydrogen-bond acceptors (Lipinski definition) is 5. The molecule has 1 amide bonds. The zero-order valence-corrected chi connectivity index (χ0v) is 13.3. The van der Waals surface area contributed by atoms with Crippen LogP contribution in [0.4, 0.5) is 5.82 Å². The zero-order valence-electron chi connectivity index (χ0n) is 12.5. The Morgan fingerprint density at radius 1 is 1.43 bits per heavy atom. The summed E-state index contributed by atoms with van der Waals surface area (Å²) in [5, 5.41) is 5.41. The summed E-state index contributed by atoms with van der Waals surface area (Å²) in [7, 11) is 0. The Morgan fingerprint density at radius 2 is 2.19 bits per heavy atom. The van der Waals surface area contributed by atoms with E-state index >= 15 is 0 Å². The minimum absolute atomic E-state index is 0.192. The lowest BCUT2D eigenvalue weighted by molar-refractivity contribution is -0.117. The maximum absolute atomic E-state index is 12.0. The average Bonchev–Trinajstić information content (AvgIpc) is 2.87. The van der Waals surface area contributed by atoms with Gasteiger partial charge in [-0.1, -0.05) is 13.8 Å². The lowest BCUT2D eigenvalue weighted by Crippen LogP contribution is -2.36. The van der Waals surface area contributed by atoms with Gasteiger partial charge in [0.05, 0.1) is 6.04 Å². The molecule has 3 N–H and O–H groups in total. The van der Waals surface area contributed by atoms with Crippen molar-refractivity contribution in [2.24, 2.45) is 11.7 Å². The van der Waals surface area contributed by atoms with Crippen LogP contribution in [0.1, 0.15) is 26.0 Å². The third-order valence-electron chi connectivity index (χ3n) is 2.98. The molecule has 5 nitrogen and oxygen atoms in total. The van der Waals surface area contributed by atoms with Crippen molar-refractivity contribution in [3.05, 3.63) is 29.4 Å². The van der Waals surface area contributed by atoms with Crippen molar-refractivity contribution in [2.45, 2.75) is 33.2 Å². The van der Waals surface area contributed by atoms with Crippen LogP contribution in [0.15, 0.2) is 23.7 Å². The number of thiazole rings is 1. The van der Waals surface area contributed by atoms with E-state index < -0.39 is 6.04 Å². The second-order valence-electron chi connectivity index (χ2n) is 5.45. The molecule has 0 saturated heterocycles. The van der Waals surface area contributed by atoms with Crippen LogP contribution in [0.3, 0.4) is 0 Å². The molecule has 0 aromatic carbocycles. The fourth-order valence-corrected chi connectivity index (χ4v) is 2.63. The number of nitrogens with one attached hydrogen (secondary N) is 1. The maximum atomic E-state index is 12.0. The Morgan fingerprint density at radius 3 is 2.81 bits per heavy atom. The summed E-state index contributed by atoms with van der Waals surface area (Å²) in [5.74, 6) is 0.734. The summed E-state index contributed by atoms with van der Waals surface area (Å²) < 4.78 is 0. The van der Waals surface area contributed by atoms with E-state index in [0.717, 1.165) is 16.3 Å². The predicted molar refractivity (Wildman–Crippen MR) is 86.1 cm³/mol. The van der Waals surface area contributed by atoms with E-state index in [9.17, 15) is 4.79 Å². The zero-order chi connectivity index (χ0) is 15.4. The van der Waals surface area contributed by atoms with Gasteiger partial charge in [0, 0.05) is 22.8 Å². The van der Waals surface area contributed by atoms with Crippen molar-refractivity contribution >= 4 is 23.1 Å². The summed E-state index contributed by atoms with van der Waals surface area (Å²) >= 11 is 1.47. The van der Waals surface area contributed by atoms with Gasteiger partial charge >= 0.3 is 0 Å². The molecule has 0 spiro atoms. The minimum Gasteiger partial charge on any atom is -0.320 e. The van der Waals surface area contributed by atoms with Crippen LogP contribution in [0.5, 0.6) is 0 Å². The molecule has 0 aliphatic heterocycles. The SMILES string of the molecule is Cc1ccc(-c2nc(NC(=O)C(N)CC(C)C)cs2)cn1. The van der Waals surface area contributed by atoms with E-state index in [2.05, 4.69) is 15.3 Å². The number of nitrogens with zero attached hydrogens (tertiary/aromatic N) is 2. The second kappa shape index (κ2) is 6.78. The van der Waals surface area contributed by atoms with Crippen LogP contribution >= 0.6 is 11.3 Å². The number of nitrogens with two attached hydrogens (primary N) is 1. The second-order valence-corrected chi connectivity index (χ2v) is 6.31. The number of carbonyl (C=O) groups excluding carboxylic acids is 1. The lowest BCUT2D eigenvalue weighted by atomic mass is 10.0. The highest BCUT2D eigenvalue weighted by Gasteiger charge is 2.16. The lowest BCUT2D eigenvalue weighted by Gasteiger charge is -2.12. The van der Waals surface area contributed by atoms with Crippen molar-refractivity contribution in [3.63, 3.8) is 0 Å². The molecule has 0 aliphatic carbocycles. The molecule has 1 unspecified atom stereocenters. The monoisotopic (exact) mass is 304 g/mol. The molecule has 2 aromatic heterocycles. The van der Waals surface area contributed by atoms with Crippen LogP contribution < -0.4 is 11.1 Å². The molecular weight excluding hydrogens is 284 g/mol. The fraction of sp³-hybridized carbons (Fsp3) is 0.400. The molecule has 21 heavy (non-hydrogen) atoms. The first-order chi connectivity index (χ1) is 9.95. The molecule has 1 atom stereocenters. The third-order valence-corrected chi connectivity index (χ3v) is 3.87. The predicted octanol–water partition coefficient (Wildman–Crippen LogP) is 2.83. The van der Waals surface area contributed by atoms with Gasteiger partial charge < -0.3 is 11.1 Å². The van der Waals surface area contributed by atoms with Crippen molar-refractivity contribution in [2.75, 3.05) is 5.32 Å². The highest BCUT2D eigenvalue weighted by atomic mass is 32.1. The number of hydrogen-bond donors (Lipinski definition) is 2. The van der Waals surface area contributed by atoms with Gasteiger partial charge in [0.25, 0.3) is 0 Å². The highest BCUT2D eigenvalue weighted by molar-refractivity contribution is 7.13. The number of aromatic nitrogens is 2. The number of rotatable bonds is 5. The molecule has 2 rings (SSSR count). The summed E-state index contributed by atoms with van der Waals surface area (Å²) in [4.78, 5) is 20.6. The molecule has 2 aromatic rings. The highest BCUT2D eigenvalue weighted by Crippen LogP contribution is 2.25. The van der Waals surface area contributed by atoms with Crippen LogP contribution in [-0.2, 0) is 4.79 Å². The number of anilines is 1. The van der Waals surface area contributed by atoms with Crippen LogP contribution in [-0.4, -0.2) is 21.9 Å². The van der Waals surface area contributed by atoms with E-state index in [1.54, 1.807) is 6.20 Å². The Labute approximate surface area is 128 Å². The summed E-state index contributed by atoms with van der Waals surface area (Å²) in [6.07, 6.45) is 2.44. The molecule has 0 fully saturated rings. The smallest absolute Gasteiger partial charge is 0.242 e. The van der Waals surface area contributed by atoms with E-state index in [1.807, 2.05) is 38.3 Å². The number of carbonyl (C=O) groups is 1. The van der Waals surface area contributed by atoms with Gasteiger partial charge in [0.1, 0.15) is 10.8 Å². The van der Waals surface area contributed by atoms with Gasteiger partial charge in [-0.2, -0.15) is 0 Å². The molecule has 2 heterocycles. The molecule has 0 radical (unpaired) electrons. The first-order valence-electron chi connectivity index (χ1n) is 6.90. The third kappa shape index (κ3) is 4.34. The van der Waals surface area contributed by atoms with Gasteiger partial charge in [0.15, 0.2) is 0 Å². The summed E-state index contributed by atoms with van der Waals surface area (Å²) in [5.41, 5.74) is 7.76. The molecule has 0 aliphatic rings. The van der Waals surface area contributed by atoms with Gasteiger partial charge in [0.2, 0.25) is 5.91 Å². The quantitative estimate of drug-likeness (QED) is 0.890. The summed E-state index contributed by atoms with van der Waals surface area (Å²) in [6, 6.07) is 3.40. The van der Waals surface area contributed by atoms with Crippen molar-refractivity contribution in [3.8, 4) is 10.6 Å². The van der Waals surface area contributed by atoms with E-state index in [4.69, 9.17) is 5.73 Å². The van der Waals surface area contributed by atoms with Crippen LogP contribution in [0, 0.1) is 12.8 Å². The van der Waals surface area contributed by atoms with Gasteiger partial charge in [-0.3, -0.25) is 9.78 Å². The topological polar surface area (TPSA) is 80.9 Å². The standard InChI is InChI=1S/C15H20N4OS/c1-9(2)6-12(16)14(20)18-13-8-21-15(19-13)11-5-4-10(3)17-7-11/h4-5,7-9,12H,6,16H2,1-3H3,(H,18,20). The Bertz CT molecular complexity index is 606. The molecule has 0 saturated carbocycles. The molecular formula is C15H20N4OS. The van der Waals surface area contributed by atoms with Crippen molar-refractivity contribution in [1.82, 2.24) is 9.97 Å². The largest absolute Gasteiger partial charge is 0.320 e. The van der Waals surface area contributed by atoms with Crippen molar-refractivity contribution in [1.29, 1.82) is 0 Å². The van der Waals surface area contributed by atoms with Crippen LogP contribution in [0.25, 0.3) is 10.6 Å². The van der Waals surface area contributed by atoms with E-state index in [-0.39, 0.29) is 5.91 Å². The van der Waals surface area contributed by atoms with E-state index in [1.165, 1.54) is 11.3 Å². The Balaban J connectivity index is 2.03. The Hall–Kier alpha value is -1.79. The number of amides is 1. The molecule has 112 valence electrons. The fourth-order valence-electron chi connectivity index (χ4n) is 1.89. The first-order valence-corrected chi connectivity index (χ1v) is 7.78. The van der Waals surface area contributed by atoms with Gasteiger partial charge in [-0.05, 0) is 31.4 Å². The Kier molecular flexibility index (Phi) is 5.03.